The highest BCUT2D eigenvalue weighted by Crippen LogP contribution is 2.15. The van der Waals surface area contributed by atoms with Gasteiger partial charge in [0.25, 0.3) is 3.91 Å². The molecule has 0 bridgehead atoms. The lowest BCUT2D eigenvalue weighted by atomic mass is 10.3. The summed E-state index contributed by atoms with van der Waals surface area (Å²) >= 11 is 1.71. The molecule has 0 saturated carbocycles. The van der Waals surface area contributed by atoms with Crippen molar-refractivity contribution in [3.8, 4) is 0 Å². The number of benzene rings is 1. The Morgan fingerprint density at radius 2 is 1.85 bits per heavy atom. The van der Waals surface area contributed by atoms with Crippen molar-refractivity contribution < 1.29 is 4.79 Å². The maximum atomic E-state index is 10.7. The summed E-state index contributed by atoms with van der Waals surface area (Å²) in [6.45, 7) is 0. The first kappa shape index (κ1) is 10.3. The lowest BCUT2D eigenvalue weighted by molar-refractivity contribution is 0.272. The predicted molar refractivity (Wildman–Crippen MR) is 63.8 cm³/mol. The van der Waals surface area contributed by atoms with Crippen LogP contribution in [0.1, 0.15) is 0 Å². The van der Waals surface area contributed by atoms with E-state index in [4.69, 9.17) is 0 Å². The number of nitrogens with zero attached hydrogens (tertiary/aromatic N) is 1. The van der Waals surface area contributed by atoms with Crippen LogP contribution in [0.3, 0.4) is 0 Å². The average Bonchev–Trinajstić information content (AvgIpc) is 2.04. The second-order valence-electron chi connectivity index (χ2n) is 2.84. The van der Waals surface area contributed by atoms with E-state index in [9.17, 15) is 4.79 Å². The summed E-state index contributed by atoms with van der Waals surface area (Å²) in [5, 5.41) is 2.70. The molecule has 0 radical (unpaired) electrons. The Bertz CT molecular complexity index is 295. The van der Waals surface area contributed by atoms with E-state index >= 15 is 0 Å². The molecule has 13 heavy (non-hydrogen) atoms. The van der Waals surface area contributed by atoms with E-state index in [-0.39, 0.29) is 3.91 Å². The molecule has 1 amide bonds. The van der Waals surface area contributed by atoms with E-state index in [2.05, 4.69) is 5.32 Å². The number of carbonyl (C=O) groups is 1. The van der Waals surface area contributed by atoms with Crippen LogP contribution in [0.15, 0.2) is 24.3 Å². The highest BCUT2D eigenvalue weighted by molar-refractivity contribution is 14.1. The third-order valence-corrected chi connectivity index (χ3v) is 1.90. The molecule has 0 saturated heterocycles. The monoisotopic (exact) mass is 290 g/mol. The zero-order valence-corrected chi connectivity index (χ0v) is 9.70. The van der Waals surface area contributed by atoms with Crippen molar-refractivity contribution in [3.63, 3.8) is 0 Å². The molecule has 1 aromatic carbocycles. The van der Waals surface area contributed by atoms with Crippen molar-refractivity contribution in [3.05, 3.63) is 24.3 Å². The largest absolute Gasteiger partial charge is 0.378 e. The number of rotatable bonds is 2. The van der Waals surface area contributed by atoms with Gasteiger partial charge in [0.05, 0.1) is 0 Å². The topological polar surface area (TPSA) is 32.3 Å². The van der Waals surface area contributed by atoms with Gasteiger partial charge < -0.3 is 10.2 Å². The molecule has 0 aliphatic rings. The van der Waals surface area contributed by atoms with E-state index in [0.717, 1.165) is 11.4 Å². The minimum absolute atomic E-state index is 0.0739. The quantitative estimate of drug-likeness (QED) is 0.516. The molecular weight excluding hydrogens is 279 g/mol. The maximum absolute atomic E-state index is 10.7. The Balaban J connectivity index is 2.75. The zero-order chi connectivity index (χ0) is 9.84. The molecular formula is C9H11IN2O. The number of anilines is 2. The lowest BCUT2D eigenvalue weighted by Gasteiger charge is -2.12. The third kappa shape index (κ3) is 3.22. The fourth-order valence-electron chi connectivity index (χ4n) is 0.956. The van der Waals surface area contributed by atoms with Crippen LogP contribution in [0, 0.1) is 0 Å². The van der Waals surface area contributed by atoms with Crippen LogP contribution in [-0.2, 0) is 0 Å². The molecule has 4 heteroatoms. The normalized spacial score (nSPS) is 9.46. The second-order valence-corrected chi connectivity index (χ2v) is 3.82. The fraction of sp³-hybridized carbons (Fsp3) is 0.222. The predicted octanol–water partition coefficient (Wildman–Crippen LogP) is 2.72. The van der Waals surface area contributed by atoms with E-state index in [1.54, 1.807) is 22.6 Å². The van der Waals surface area contributed by atoms with Crippen molar-refractivity contribution in [2.24, 2.45) is 0 Å². The summed E-state index contributed by atoms with van der Waals surface area (Å²) < 4.78 is -0.0739. The first-order valence-electron chi connectivity index (χ1n) is 3.83. The summed E-state index contributed by atoms with van der Waals surface area (Å²) in [7, 11) is 3.96. The Morgan fingerprint density at radius 1 is 1.31 bits per heavy atom. The first-order valence-corrected chi connectivity index (χ1v) is 4.91. The molecule has 70 valence electrons. The van der Waals surface area contributed by atoms with Crippen LogP contribution in [-0.4, -0.2) is 18.0 Å². The summed E-state index contributed by atoms with van der Waals surface area (Å²) in [6, 6.07) is 7.68. The Hall–Kier alpha value is -0.780. The molecule has 0 aromatic heterocycles. The van der Waals surface area contributed by atoms with E-state index in [0.29, 0.717) is 0 Å². The number of hydrogen-bond donors (Lipinski definition) is 1. The van der Waals surface area contributed by atoms with Crippen molar-refractivity contribution in [1.29, 1.82) is 0 Å². The number of hydrogen-bond acceptors (Lipinski definition) is 2. The summed E-state index contributed by atoms with van der Waals surface area (Å²) in [5.74, 6) is 0. The Labute approximate surface area is 91.3 Å². The number of nitrogens with one attached hydrogen (secondary N) is 1. The molecule has 0 aliphatic heterocycles. The molecule has 3 nitrogen and oxygen atoms in total. The van der Waals surface area contributed by atoms with Gasteiger partial charge in [0.1, 0.15) is 0 Å². The molecule has 0 aliphatic carbocycles. The molecule has 1 N–H and O–H groups in total. The summed E-state index contributed by atoms with van der Waals surface area (Å²) in [6.07, 6.45) is 0. The van der Waals surface area contributed by atoms with Crippen LogP contribution >= 0.6 is 22.6 Å². The molecule has 0 spiro atoms. The zero-order valence-electron chi connectivity index (χ0n) is 7.54. The SMILES string of the molecule is CN(C)c1ccc(NC(=O)I)cc1. The average molecular weight is 290 g/mol. The fourth-order valence-corrected chi connectivity index (χ4v) is 1.27. The van der Waals surface area contributed by atoms with Gasteiger partial charge in [-0.1, -0.05) is 0 Å². The Kier molecular flexibility index (Phi) is 3.53. The van der Waals surface area contributed by atoms with Crippen molar-refractivity contribution in [2.75, 3.05) is 24.3 Å². The lowest BCUT2D eigenvalue weighted by Crippen LogP contribution is -2.08. The number of halogens is 1. The molecule has 1 rings (SSSR count). The van der Waals surface area contributed by atoms with Crippen molar-refractivity contribution in [1.82, 2.24) is 0 Å². The smallest absolute Gasteiger partial charge is 0.284 e. The van der Waals surface area contributed by atoms with Crippen molar-refractivity contribution in [2.45, 2.75) is 0 Å². The minimum atomic E-state index is -0.0739. The molecule has 0 fully saturated rings. The minimum Gasteiger partial charge on any atom is -0.378 e. The van der Waals surface area contributed by atoms with Crippen molar-refractivity contribution >= 4 is 37.9 Å². The van der Waals surface area contributed by atoms with Gasteiger partial charge in [0.2, 0.25) is 0 Å². The molecule has 0 atom stereocenters. The highest BCUT2D eigenvalue weighted by Gasteiger charge is 1.97. The van der Waals surface area contributed by atoms with Gasteiger partial charge in [-0.15, -0.1) is 0 Å². The van der Waals surface area contributed by atoms with Gasteiger partial charge in [0, 0.05) is 48.1 Å². The molecule has 0 unspecified atom stereocenters. The van der Waals surface area contributed by atoms with Gasteiger partial charge in [0.15, 0.2) is 0 Å². The van der Waals surface area contributed by atoms with Crippen LogP contribution in [0.25, 0.3) is 0 Å². The van der Waals surface area contributed by atoms with Crippen LogP contribution in [0.2, 0.25) is 0 Å². The van der Waals surface area contributed by atoms with E-state index in [1.165, 1.54) is 0 Å². The number of carbonyl (C=O) groups excluding carboxylic acids is 1. The van der Waals surface area contributed by atoms with Gasteiger partial charge in [-0.2, -0.15) is 0 Å². The van der Waals surface area contributed by atoms with Crippen LogP contribution in [0.5, 0.6) is 0 Å². The molecule has 0 heterocycles. The van der Waals surface area contributed by atoms with Crippen LogP contribution < -0.4 is 10.2 Å². The molecule has 1 aromatic rings. The maximum Gasteiger partial charge on any atom is 0.284 e. The highest BCUT2D eigenvalue weighted by atomic mass is 127. The standard InChI is InChI=1S/C9H11IN2O/c1-12(2)8-5-3-7(4-6-8)11-9(10)13/h3-6H,1-2H3,(H,11,13). The van der Waals surface area contributed by atoms with Gasteiger partial charge in [-0.25, -0.2) is 0 Å². The summed E-state index contributed by atoms with van der Waals surface area (Å²) in [5.41, 5.74) is 1.94. The summed E-state index contributed by atoms with van der Waals surface area (Å²) in [4.78, 5) is 12.7. The van der Waals surface area contributed by atoms with Crippen LogP contribution in [0.4, 0.5) is 16.2 Å². The second kappa shape index (κ2) is 4.45. The Morgan fingerprint density at radius 3 is 2.23 bits per heavy atom. The van der Waals surface area contributed by atoms with Gasteiger partial charge >= 0.3 is 0 Å². The third-order valence-electron chi connectivity index (χ3n) is 1.63. The van der Waals surface area contributed by atoms with E-state index in [1.807, 2.05) is 43.3 Å². The van der Waals surface area contributed by atoms with Gasteiger partial charge in [-0.3, -0.25) is 4.79 Å². The van der Waals surface area contributed by atoms with E-state index < -0.39 is 0 Å². The van der Waals surface area contributed by atoms with Gasteiger partial charge in [-0.05, 0) is 24.3 Å². The number of amides is 1. The first-order chi connectivity index (χ1) is 6.09.